The maximum absolute atomic E-state index is 14.3. The van der Waals surface area contributed by atoms with Crippen LogP contribution >= 0.6 is 0 Å². The van der Waals surface area contributed by atoms with Crippen molar-refractivity contribution in [2.75, 3.05) is 6.54 Å². The van der Waals surface area contributed by atoms with Gasteiger partial charge in [-0.2, -0.15) is 0 Å². The highest BCUT2D eigenvalue weighted by molar-refractivity contribution is 5.98. The number of benzene rings is 3. The molecule has 3 aromatic carbocycles. The van der Waals surface area contributed by atoms with Crippen molar-refractivity contribution in [1.82, 2.24) is 9.88 Å². The van der Waals surface area contributed by atoms with Crippen molar-refractivity contribution >= 4 is 16.9 Å². The zero-order chi connectivity index (χ0) is 20.9. The number of aromatic nitrogens is 1. The number of rotatable bonds is 8. The molecule has 5 heteroatoms. The van der Waals surface area contributed by atoms with E-state index < -0.39 is 5.97 Å². The van der Waals surface area contributed by atoms with Crippen LogP contribution in [0.15, 0.2) is 78.9 Å². The second-order valence-corrected chi connectivity index (χ2v) is 7.24. The van der Waals surface area contributed by atoms with Crippen LogP contribution in [0.25, 0.3) is 10.9 Å². The molecule has 0 aliphatic rings. The Kier molecular flexibility index (Phi) is 5.91. The van der Waals surface area contributed by atoms with Crippen molar-refractivity contribution in [2.45, 2.75) is 19.5 Å². The second kappa shape index (κ2) is 8.93. The van der Waals surface area contributed by atoms with Gasteiger partial charge in [0.15, 0.2) is 0 Å². The summed E-state index contributed by atoms with van der Waals surface area (Å²) in [6.07, 6.45) is 0.858. The van der Waals surface area contributed by atoms with Gasteiger partial charge in [-0.3, -0.25) is 0 Å². The number of hydrogen-bond donors (Lipinski definition) is 2. The Bertz CT molecular complexity index is 1170. The number of carbonyl (C=O) groups is 1. The molecule has 0 aliphatic heterocycles. The average Bonchev–Trinajstić information content (AvgIpc) is 3.07. The molecule has 0 unspecified atom stereocenters. The van der Waals surface area contributed by atoms with Crippen LogP contribution in [0.5, 0.6) is 0 Å². The lowest BCUT2D eigenvalue weighted by molar-refractivity contribution is 0.0684. The van der Waals surface area contributed by atoms with Gasteiger partial charge in [0.2, 0.25) is 0 Å². The molecule has 4 aromatic rings. The molecular formula is C25H23FN2O2. The third kappa shape index (κ3) is 4.11. The van der Waals surface area contributed by atoms with E-state index in [2.05, 4.69) is 17.4 Å². The van der Waals surface area contributed by atoms with E-state index in [0.29, 0.717) is 12.1 Å². The molecule has 1 heterocycles. The highest BCUT2D eigenvalue weighted by Gasteiger charge is 2.22. The van der Waals surface area contributed by atoms with Gasteiger partial charge in [0.1, 0.15) is 11.5 Å². The molecule has 0 aliphatic carbocycles. The zero-order valence-electron chi connectivity index (χ0n) is 16.5. The minimum atomic E-state index is -1.01. The fraction of sp³-hybridized carbons (Fsp3) is 0.160. The highest BCUT2D eigenvalue weighted by Crippen LogP contribution is 2.28. The minimum absolute atomic E-state index is 0.166. The highest BCUT2D eigenvalue weighted by atomic mass is 19.1. The van der Waals surface area contributed by atoms with Gasteiger partial charge in [0.25, 0.3) is 0 Å². The van der Waals surface area contributed by atoms with Crippen molar-refractivity contribution in [2.24, 2.45) is 0 Å². The first-order valence-electron chi connectivity index (χ1n) is 9.96. The first kappa shape index (κ1) is 19.9. The number of halogens is 1. The average molecular weight is 402 g/mol. The van der Waals surface area contributed by atoms with Crippen LogP contribution in [0.3, 0.4) is 0 Å². The Hall–Kier alpha value is -3.44. The molecule has 0 bridgehead atoms. The summed E-state index contributed by atoms with van der Waals surface area (Å²) in [5.74, 6) is -1.35. The third-order valence-corrected chi connectivity index (χ3v) is 5.30. The van der Waals surface area contributed by atoms with E-state index in [-0.39, 0.29) is 18.1 Å². The van der Waals surface area contributed by atoms with E-state index in [1.165, 1.54) is 11.6 Å². The van der Waals surface area contributed by atoms with Gasteiger partial charge >= 0.3 is 5.97 Å². The Labute approximate surface area is 174 Å². The first-order valence-corrected chi connectivity index (χ1v) is 9.96. The maximum atomic E-state index is 14.3. The minimum Gasteiger partial charge on any atom is -0.477 e. The van der Waals surface area contributed by atoms with Gasteiger partial charge in [-0.05, 0) is 30.7 Å². The Morgan fingerprint density at radius 2 is 1.63 bits per heavy atom. The molecule has 0 atom stereocenters. The molecule has 1 aromatic heterocycles. The lowest BCUT2D eigenvalue weighted by Crippen LogP contribution is -2.19. The van der Waals surface area contributed by atoms with Crippen LogP contribution in [0.2, 0.25) is 0 Å². The summed E-state index contributed by atoms with van der Waals surface area (Å²) in [6.45, 7) is 1.33. The molecule has 30 heavy (non-hydrogen) atoms. The number of para-hydroxylation sites is 1. The summed E-state index contributed by atoms with van der Waals surface area (Å²) >= 11 is 0. The van der Waals surface area contributed by atoms with Gasteiger partial charge in [-0.1, -0.05) is 66.7 Å². The number of hydrogen-bond acceptors (Lipinski definition) is 2. The summed E-state index contributed by atoms with van der Waals surface area (Å²) in [4.78, 5) is 12.2. The predicted octanol–water partition coefficient (Wildman–Crippen LogP) is 4.86. The Morgan fingerprint density at radius 3 is 2.40 bits per heavy atom. The molecule has 0 fully saturated rings. The Morgan fingerprint density at radius 1 is 0.933 bits per heavy atom. The lowest BCUT2D eigenvalue weighted by atomic mass is 10.1. The van der Waals surface area contributed by atoms with Crippen LogP contribution in [0.1, 0.15) is 27.2 Å². The Balaban J connectivity index is 1.64. The van der Waals surface area contributed by atoms with Crippen molar-refractivity contribution in [3.63, 3.8) is 0 Å². The standard InChI is InChI=1S/C25H23FN2O2/c26-22-12-6-4-10-19(22)17-28-23-13-7-5-11-20(23)21(24(28)25(29)30)16-27-15-14-18-8-2-1-3-9-18/h1-13,27H,14-17H2,(H,29,30). The van der Waals surface area contributed by atoms with Gasteiger partial charge in [-0.25, -0.2) is 9.18 Å². The van der Waals surface area contributed by atoms with Crippen LogP contribution < -0.4 is 5.32 Å². The third-order valence-electron chi connectivity index (χ3n) is 5.30. The predicted molar refractivity (Wildman–Crippen MR) is 116 cm³/mol. The number of carboxylic acids is 1. The van der Waals surface area contributed by atoms with Crippen LogP contribution in [-0.2, 0) is 19.5 Å². The largest absolute Gasteiger partial charge is 0.477 e. The molecule has 152 valence electrons. The van der Waals surface area contributed by atoms with E-state index >= 15 is 0 Å². The van der Waals surface area contributed by atoms with Crippen LogP contribution in [-0.4, -0.2) is 22.2 Å². The number of fused-ring (bicyclic) bond motifs is 1. The number of carboxylic acid groups (broad SMARTS) is 1. The molecule has 0 saturated heterocycles. The molecule has 0 radical (unpaired) electrons. The summed E-state index contributed by atoms with van der Waals surface area (Å²) in [5.41, 5.74) is 3.40. The molecular weight excluding hydrogens is 379 g/mol. The van der Waals surface area contributed by atoms with Crippen molar-refractivity contribution in [3.8, 4) is 0 Å². The number of nitrogens with one attached hydrogen (secondary N) is 1. The van der Waals surface area contributed by atoms with Crippen molar-refractivity contribution < 1.29 is 14.3 Å². The van der Waals surface area contributed by atoms with Crippen molar-refractivity contribution in [1.29, 1.82) is 0 Å². The second-order valence-electron chi connectivity index (χ2n) is 7.24. The first-order chi connectivity index (χ1) is 14.6. The summed E-state index contributed by atoms with van der Waals surface area (Å²) in [7, 11) is 0. The SMILES string of the molecule is O=C(O)c1c(CNCCc2ccccc2)c2ccccc2n1Cc1ccccc1F. The number of aromatic carboxylic acids is 1. The molecule has 0 amide bonds. The van der Waals surface area contributed by atoms with Gasteiger partial charge in [0, 0.05) is 28.6 Å². The van der Waals surface area contributed by atoms with E-state index in [4.69, 9.17) is 0 Å². The lowest BCUT2D eigenvalue weighted by Gasteiger charge is -2.11. The topological polar surface area (TPSA) is 54.3 Å². The quantitative estimate of drug-likeness (QED) is 0.414. The fourth-order valence-electron chi connectivity index (χ4n) is 3.85. The maximum Gasteiger partial charge on any atom is 0.352 e. The summed E-state index contributed by atoms with van der Waals surface area (Å²) < 4.78 is 16.0. The smallest absolute Gasteiger partial charge is 0.352 e. The van der Waals surface area contributed by atoms with E-state index in [9.17, 15) is 14.3 Å². The van der Waals surface area contributed by atoms with Gasteiger partial charge in [-0.15, -0.1) is 0 Å². The fourth-order valence-corrected chi connectivity index (χ4v) is 3.85. The monoisotopic (exact) mass is 402 g/mol. The zero-order valence-corrected chi connectivity index (χ0v) is 16.5. The van der Waals surface area contributed by atoms with Crippen LogP contribution in [0.4, 0.5) is 4.39 Å². The molecule has 0 spiro atoms. The molecule has 0 saturated carbocycles. The van der Waals surface area contributed by atoms with Crippen LogP contribution in [0, 0.1) is 5.82 Å². The number of nitrogens with zero attached hydrogens (tertiary/aromatic N) is 1. The molecule has 2 N–H and O–H groups in total. The van der Waals surface area contributed by atoms with E-state index in [1.807, 2.05) is 42.5 Å². The van der Waals surface area contributed by atoms with Crippen molar-refractivity contribution in [3.05, 3.63) is 107 Å². The van der Waals surface area contributed by atoms with Gasteiger partial charge < -0.3 is 15.0 Å². The molecule has 4 nitrogen and oxygen atoms in total. The van der Waals surface area contributed by atoms with Gasteiger partial charge in [0.05, 0.1) is 6.54 Å². The summed E-state index contributed by atoms with van der Waals surface area (Å²) in [6, 6.07) is 24.2. The molecule has 4 rings (SSSR count). The van der Waals surface area contributed by atoms with E-state index in [0.717, 1.165) is 29.4 Å². The summed E-state index contributed by atoms with van der Waals surface area (Å²) in [5, 5.41) is 14.2. The van der Waals surface area contributed by atoms with E-state index in [1.54, 1.807) is 22.8 Å². The normalized spacial score (nSPS) is 11.1.